The first-order valence-electron chi connectivity index (χ1n) is 4.71. The number of methoxy groups -OCH3 is 2. The Morgan fingerprint density at radius 3 is 2.11 bits per heavy atom. The number of rotatable bonds is 4. The third kappa shape index (κ3) is 2.82. The molecule has 18 heavy (non-hydrogen) atoms. The zero-order chi connectivity index (χ0) is 13.9. The van der Waals surface area contributed by atoms with Crippen LogP contribution in [0.4, 0.5) is 0 Å². The largest absolute Gasteiger partial charge is 0.465 e. The van der Waals surface area contributed by atoms with Crippen molar-refractivity contribution in [2.45, 2.75) is 11.3 Å². The smallest absolute Gasteiger partial charge is 0.349 e. The summed E-state index contributed by atoms with van der Waals surface area (Å²) in [5, 5.41) is 0. The van der Waals surface area contributed by atoms with Crippen molar-refractivity contribution in [1.82, 2.24) is 0 Å². The van der Waals surface area contributed by atoms with Gasteiger partial charge in [-0.2, -0.15) is 0 Å². The molecule has 0 aliphatic heterocycles. The normalized spacial score (nSPS) is 9.94. The number of ether oxygens (including phenoxy) is 2. The predicted octanol–water partition coefficient (Wildman–Crippen LogP) is 0.638. The summed E-state index contributed by atoms with van der Waals surface area (Å²) in [4.78, 5) is 34.4. The fraction of sp³-hybridized carbons (Fsp3) is 0.300. The molecule has 0 spiro atoms. The van der Waals surface area contributed by atoms with Crippen molar-refractivity contribution < 1.29 is 23.9 Å². The fourth-order valence-corrected chi connectivity index (χ4v) is 2.83. The van der Waals surface area contributed by atoms with Crippen LogP contribution >= 0.6 is 24.0 Å². The lowest BCUT2D eigenvalue weighted by Crippen LogP contribution is -2.15. The number of hydrogen-bond donors (Lipinski definition) is 2. The number of thiophene rings is 1. The third-order valence-electron chi connectivity index (χ3n) is 2.07. The van der Waals surface area contributed by atoms with Crippen molar-refractivity contribution in [3.63, 3.8) is 0 Å². The van der Waals surface area contributed by atoms with Crippen LogP contribution in [0.5, 0.6) is 0 Å². The number of thiol groups is 1. The molecule has 0 fully saturated rings. The van der Waals surface area contributed by atoms with Gasteiger partial charge in [0.2, 0.25) is 5.91 Å². The Labute approximate surface area is 112 Å². The average Bonchev–Trinajstić information content (AvgIpc) is 2.65. The number of hydrogen-bond acceptors (Lipinski definition) is 7. The predicted molar refractivity (Wildman–Crippen MR) is 67.1 cm³/mol. The van der Waals surface area contributed by atoms with Crippen LogP contribution in [-0.4, -0.2) is 32.1 Å². The van der Waals surface area contributed by atoms with E-state index in [9.17, 15) is 14.4 Å². The molecule has 1 aromatic rings. The molecule has 0 saturated carbocycles. The molecule has 1 rings (SSSR count). The van der Waals surface area contributed by atoms with E-state index in [-0.39, 0.29) is 26.6 Å². The van der Waals surface area contributed by atoms with Crippen LogP contribution in [0.15, 0.2) is 4.90 Å². The number of nitrogens with two attached hydrogens (primary N) is 1. The first-order chi connectivity index (χ1) is 8.42. The molecule has 6 nitrogen and oxygen atoms in total. The zero-order valence-electron chi connectivity index (χ0n) is 9.68. The minimum absolute atomic E-state index is 0.127. The quantitative estimate of drug-likeness (QED) is 0.626. The lowest BCUT2D eigenvalue weighted by atomic mass is 10.1. The summed E-state index contributed by atoms with van der Waals surface area (Å²) in [5.41, 5.74) is 5.37. The van der Waals surface area contributed by atoms with Crippen LogP contribution in [0.25, 0.3) is 0 Å². The van der Waals surface area contributed by atoms with E-state index in [1.54, 1.807) is 0 Å². The maximum absolute atomic E-state index is 11.5. The molecule has 0 unspecified atom stereocenters. The van der Waals surface area contributed by atoms with Crippen LogP contribution in [-0.2, 0) is 20.7 Å². The molecule has 8 heteroatoms. The van der Waals surface area contributed by atoms with Crippen molar-refractivity contribution >= 4 is 41.8 Å². The SMILES string of the molecule is COC(=O)c1sc(C(=O)OC)c(CC(N)=O)c1S. The zero-order valence-corrected chi connectivity index (χ0v) is 11.4. The van der Waals surface area contributed by atoms with Gasteiger partial charge in [-0.3, -0.25) is 4.79 Å². The topological polar surface area (TPSA) is 95.7 Å². The highest BCUT2D eigenvalue weighted by atomic mass is 32.1. The van der Waals surface area contributed by atoms with E-state index in [0.29, 0.717) is 0 Å². The van der Waals surface area contributed by atoms with Crippen molar-refractivity contribution in [3.8, 4) is 0 Å². The molecule has 1 heterocycles. The molecule has 0 aromatic carbocycles. The Kier molecular flexibility index (Phi) is 4.74. The molecule has 1 amide bonds. The van der Waals surface area contributed by atoms with E-state index >= 15 is 0 Å². The lowest BCUT2D eigenvalue weighted by molar-refractivity contribution is -0.117. The van der Waals surface area contributed by atoms with Crippen LogP contribution in [0.1, 0.15) is 24.9 Å². The Balaban J connectivity index is 3.35. The van der Waals surface area contributed by atoms with E-state index in [0.717, 1.165) is 11.3 Å². The van der Waals surface area contributed by atoms with E-state index in [4.69, 9.17) is 5.73 Å². The van der Waals surface area contributed by atoms with E-state index in [1.807, 2.05) is 0 Å². The minimum atomic E-state index is -0.651. The number of amides is 1. The first kappa shape index (κ1) is 14.5. The highest BCUT2D eigenvalue weighted by molar-refractivity contribution is 7.80. The minimum Gasteiger partial charge on any atom is -0.465 e. The van der Waals surface area contributed by atoms with Crippen LogP contribution in [0.3, 0.4) is 0 Å². The second-order valence-electron chi connectivity index (χ2n) is 3.21. The van der Waals surface area contributed by atoms with Gasteiger partial charge in [-0.15, -0.1) is 24.0 Å². The van der Waals surface area contributed by atoms with E-state index in [2.05, 4.69) is 22.1 Å². The first-order valence-corrected chi connectivity index (χ1v) is 5.98. The molecule has 0 atom stereocenters. The van der Waals surface area contributed by atoms with Gasteiger partial charge in [0.1, 0.15) is 9.75 Å². The fourth-order valence-electron chi connectivity index (χ4n) is 1.28. The van der Waals surface area contributed by atoms with Crippen LogP contribution < -0.4 is 5.73 Å². The van der Waals surface area contributed by atoms with E-state index < -0.39 is 17.8 Å². The molecule has 0 aliphatic carbocycles. The Morgan fingerprint density at radius 1 is 1.17 bits per heavy atom. The van der Waals surface area contributed by atoms with E-state index in [1.165, 1.54) is 14.2 Å². The van der Waals surface area contributed by atoms with Gasteiger partial charge in [0.05, 0.1) is 20.6 Å². The van der Waals surface area contributed by atoms with Crippen molar-refractivity contribution in [1.29, 1.82) is 0 Å². The number of carbonyl (C=O) groups excluding carboxylic acids is 3. The highest BCUT2D eigenvalue weighted by Gasteiger charge is 2.26. The second kappa shape index (κ2) is 5.87. The maximum atomic E-state index is 11.5. The molecule has 0 bridgehead atoms. The molecular weight excluding hydrogens is 278 g/mol. The number of carbonyl (C=O) groups is 3. The second-order valence-corrected chi connectivity index (χ2v) is 4.68. The Morgan fingerprint density at radius 2 is 1.67 bits per heavy atom. The molecule has 2 N–H and O–H groups in total. The third-order valence-corrected chi connectivity index (χ3v) is 3.91. The standard InChI is InChI=1S/C10H11NO5S2/c1-15-9(13)7-4(3-5(11)12)6(17)8(18-7)10(14)16-2/h17H,3H2,1-2H3,(H2,11,12). The van der Waals surface area contributed by atoms with Crippen molar-refractivity contribution in [2.24, 2.45) is 5.73 Å². The summed E-state index contributed by atoms with van der Waals surface area (Å²) in [5.74, 6) is -1.92. The van der Waals surface area contributed by atoms with Gasteiger partial charge in [0.15, 0.2) is 0 Å². The number of esters is 2. The van der Waals surface area contributed by atoms with Gasteiger partial charge in [0, 0.05) is 10.5 Å². The number of primary amides is 1. The molecule has 98 valence electrons. The highest BCUT2D eigenvalue weighted by Crippen LogP contribution is 2.33. The van der Waals surface area contributed by atoms with Crippen LogP contribution in [0.2, 0.25) is 0 Å². The van der Waals surface area contributed by atoms with Gasteiger partial charge in [-0.1, -0.05) is 0 Å². The van der Waals surface area contributed by atoms with Crippen molar-refractivity contribution in [2.75, 3.05) is 14.2 Å². The van der Waals surface area contributed by atoms with Gasteiger partial charge in [-0.05, 0) is 0 Å². The molecule has 0 radical (unpaired) electrons. The lowest BCUT2D eigenvalue weighted by Gasteiger charge is -2.00. The van der Waals surface area contributed by atoms with Gasteiger partial charge in [-0.25, -0.2) is 9.59 Å². The molecule has 0 saturated heterocycles. The summed E-state index contributed by atoms with van der Waals surface area (Å²) in [6.45, 7) is 0. The average molecular weight is 289 g/mol. The molecule has 1 aromatic heterocycles. The van der Waals surface area contributed by atoms with Gasteiger partial charge < -0.3 is 15.2 Å². The Hall–Kier alpha value is -1.54. The van der Waals surface area contributed by atoms with Gasteiger partial charge in [0.25, 0.3) is 0 Å². The summed E-state index contributed by atoms with van der Waals surface area (Å²) in [7, 11) is 2.41. The summed E-state index contributed by atoms with van der Waals surface area (Å²) < 4.78 is 9.13. The monoisotopic (exact) mass is 289 g/mol. The summed E-state index contributed by atoms with van der Waals surface area (Å²) in [6.07, 6.45) is -0.198. The van der Waals surface area contributed by atoms with Gasteiger partial charge >= 0.3 is 11.9 Å². The summed E-state index contributed by atoms with van der Waals surface area (Å²) >= 11 is 4.99. The Bertz CT molecular complexity index is 509. The van der Waals surface area contributed by atoms with Crippen molar-refractivity contribution in [3.05, 3.63) is 15.3 Å². The van der Waals surface area contributed by atoms with Crippen LogP contribution in [0, 0.1) is 0 Å². The maximum Gasteiger partial charge on any atom is 0.349 e. The summed E-state index contributed by atoms with van der Waals surface area (Å²) in [6, 6.07) is 0. The molecular formula is C10H11NO5S2. The molecule has 0 aliphatic rings.